The number of ether oxygens (including phenoxy) is 1. The van der Waals surface area contributed by atoms with Crippen molar-refractivity contribution in [1.29, 1.82) is 0 Å². The molecule has 0 bridgehead atoms. The smallest absolute Gasteiger partial charge is 0.325 e. The number of fused-ring (bicyclic) bond motifs is 1. The summed E-state index contributed by atoms with van der Waals surface area (Å²) in [6, 6.07) is 15.0. The van der Waals surface area contributed by atoms with Crippen LogP contribution < -0.4 is 5.32 Å². The highest BCUT2D eigenvalue weighted by Gasteiger charge is 2.14. The highest BCUT2D eigenvalue weighted by molar-refractivity contribution is 5.98. The topological polar surface area (TPSA) is 72.5 Å². The van der Waals surface area contributed by atoms with Crippen LogP contribution in [0.15, 0.2) is 54.6 Å². The zero-order chi connectivity index (χ0) is 19.8. The largest absolute Gasteiger partial charge is 0.456 e. The van der Waals surface area contributed by atoms with E-state index in [4.69, 9.17) is 4.74 Å². The van der Waals surface area contributed by atoms with Crippen LogP contribution in [0.3, 0.4) is 0 Å². The lowest BCUT2D eigenvalue weighted by Crippen LogP contribution is -2.30. The van der Waals surface area contributed by atoms with Gasteiger partial charge < -0.3 is 10.1 Å². The van der Waals surface area contributed by atoms with Crippen molar-refractivity contribution >= 4 is 23.7 Å². The Morgan fingerprint density at radius 1 is 0.964 bits per heavy atom. The van der Waals surface area contributed by atoms with Crippen molar-refractivity contribution in [3.8, 4) is 0 Å². The molecule has 0 radical (unpaired) electrons. The van der Waals surface area contributed by atoms with Gasteiger partial charge in [0.05, 0.1) is 0 Å². The van der Waals surface area contributed by atoms with Crippen molar-refractivity contribution in [3.05, 3.63) is 76.9 Å². The minimum Gasteiger partial charge on any atom is -0.456 e. The number of esters is 1. The summed E-state index contributed by atoms with van der Waals surface area (Å²) in [6.07, 6.45) is 7.36. The minimum atomic E-state index is -0.646. The SMILES string of the molecule is O=C(/C=C/c1ccccc1)NCC(=O)OCC(=O)c1ccc2c(c1)CCCC2. The molecule has 0 aliphatic heterocycles. The zero-order valence-corrected chi connectivity index (χ0v) is 15.6. The van der Waals surface area contributed by atoms with Crippen LogP contribution >= 0.6 is 0 Å². The van der Waals surface area contributed by atoms with Gasteiger partial charge in [0.25, 0.3) is 0 Å². The number of aryl methyl sites for hydroxylation is 2. The molecule has 0 aromatic heterocycles. The fourth-order valence-corrected chi connectivity index (χ4v) is 3.14. The van der Waals surface area contributed by atoms with E-state index in [9.17, 15) is 14.4 Å². The van der Waals surface area contributed by atoms with Gasteiger partial charge in [-0.25, -0.2) is 0 Å². The molecule has 0 saturated heterocycles. The van der Waals surface area contributed by atoms with Gasteiger partial charge >= 0.3 is 5.97 Å². The van der Waals surface area contributed by atoms with E-state index in [1.807, 2.05) is 42.5 Å². The molecule has 5 heteroatoms. The number of hydrogen-bond acceptors (Lipinski definition) is 4. The normalized spacial score (nSPS) is 13.0. The van der Waals surface area contributed by atoms with Gasteiger partial charge in [-0.3, -0.25) is 14.4 Å². The molecule has 5 nitrogen and oxygen atoms in total. The van der Waals surface area contributed by atoms with Crippen LogP contribution in [0.1, 0.15) is 39.9 Å². The second-order valence-electron chi connectivity index (χ2n) is 6.74. The van der Waals surface area contributed by atoms with Crippen molar-refractivity contribution in [2.24, 2.45) is 0 Å². The molecular formula is C23H23NO4. The lowest BCUT2D eigenvalue weighted by Gasteiger charge is -2.16. The summed E-state index contributed by atoms with van der Waals surface area (Å²) in [5, 5.41) is 2.45. The average Bonchev–Trinajstić information content (AvgIpc) is 2.75. The summed E-state index contributed by atoms with van der Waals surface area (Å²) in [5.74, 6) is -1.29. The van der Waals surface area contributed by atoms with Crippen molar-refractivity contribution in [2.45, 2.75) is 25.7 Å². The summed E-state index contributed by atoms with van der Waals surface area (Å²) >= 11 is 0. The van der Waals surface area contributed by atoms with E-state index in [1.54, 1.807) is 12.1 Å². The molecule has 0 spiro atoms. The molecule has 0 fully saturated rings. The van der Waals surface area contributed by atoms with E-state index in [1.165, 1.54) is 23.6 Å². The number of carbonyl (C=O) groups is 3. The molecule has 1 aliphatic rings. The first-order chi connectivity index (χ1) is 13.6. The molecule has 1 amide bonds. The second-order valence-corrected chi connectivity index (χ2v) is 6.74. The highest BCUT2D eigenvalue weighted by atomic mass is 16.5. The Balaban J connectivity index is 1.42. The van der Waals surface area contributed by atoms with E-state index < -0.39 is 11.9 Å². The molecule has 0 unspecified atom stereocenters. The van der Waals surface area contributed by atoms with Crippen LogP contribution in [-0.2, 0) is 27.2 Å². The minimum absolute atomic E-state index is 0.239. The predicted molar refractivity (Wildman–Crippen MR) is 107 cm³/mol. The van der Waals surface area contributed by atoms with Gasteiger partial charge in [-0.15, -0.1) is 0 Å². The first-order valence-electron chi connectivity index (χ1n) is 9.43. The number of nitrogens with one attached hydrogen (secondary N) is 1. The van der Waals surface area contributed by atoms with Crippen LogP contribution in [-0.4, -0.2) is 30.8 Å². The van der Waals surface area contributed by atoms with Gasteiger partial charge in [0.1, 0.15) is 6.54 Å². The van der Waals surface area contributed by atoms with Gasteiger partial charge in [0.2, 0.25) is 5.91 Å². The Hall–Kier alpha value is -3.21. The summed E-state index contributed by atoms with van der Waals surface area (Å²) in [6.45, 7) is -0.608. The lowest BCUT2D eigenvalue weighted by molar-refractivity contribution is -0.142. The Morgan fingerprint density at radius 2 is 1.71 bits per heavy atom. The molecule has 28 heavy (non-hydrogen) atoms. The number of amides is 1. The van der Waals surface area contributed by atoms with Crippen LogP contribution in [0.25, 0.3) is 6.08 Å². The van der Waals surface area contributed by atoms with Gasteiger partial charge in [0, 0.05) is 11.6 Å². The molecule has 1 aliphatic carbocycles. The summed E-state index contributed by atoms with van der Waals surface area (Å²) in [4.78, 5) is 35.8. The summed E-state index contributed by atoms with van der Waals surface area (Å²) in [5.41, 5.74) is 3.95. The fourth-order valence-electron chi connectivity index (χ4n) is 3.14. The first-order valence-corrected chi connectivity index (χ1v) is 9.43. The molecular weight excluding hydrogens is 354 g/mol. The fraction of sp³-hybridized carbons (Fsp3) is 0.261. The molecule has 144 valence electrons. The van der Waals surface area contributed by atoms with Crippen molar-refractivity contribution in [3.63, 3.8) is 0 Å². The molecule has 0 saturated carbocycles. The van der Waals surface area contributed by atoms with E-state index >= 15 is 0 Å². The van der Waals surface area contributed by atoms with Crippen LogP contribution in [0, 0.1) is 0 Å². The number of hydrogen-bond donors (Lipinski definition) is 1. The number of ketones is 1. The van der Waals surface area contributed by atoms with Gasteiger partial charge in [-0.05, 0) is 54.5 Å². The third-order valence-electron chi connectivity index (χ3n) is 4.67. The quantitative estimate of drug-likeness (QED) is 0.457. The van der Waals surface area contributed by atoms with Crippen molar-refractivity contribution in [1.82, 2.24) is 5.32 Å². The molecule has 1 N–H and O–H groups in total. The van der Waals surface area contributed by atoms with Crippen LogP contribution in [0.4, 0.5) is 0 Å². The maximum Gasteiger partial charge on any atom is 0.325 e. The lowest BCUT2D eigenvalue weighted by atomic mass is 9.90. The van der Waals surface area contributed by atoms with E-state index in [0.717, 1.165) is 24.8 Å². The summed E-state index contributed by atoms with van der Waals surface area (Å²) < 4.78 is 4.99. The Kier molecular flexibility index (Phi) is 6.73. The third-order valence-corrected chi connectivity index (χ3v) is 4.67. The Labute approximate surface area is 164 Å². The zero-order valence-electron chi connectivity index (χ0n) is 15.6. The van der Waals surface area contributed by atoms with Crippen LogP contribution in [0.5, 0.6) is 0 Å². The standard InChI is InChI=1S/C23H23NO4/c25-21(20-12-11-18-8-4-5-9-19(18)14-20)16-28-23(27)15-24-22(26)13-10-17-6-2-1-3-7-17/h1-3,6-7,10-14H,4-5,8-9,15-16H2,(H,24,26)/b13-10+. The Bertz CT molecular complexity index is 887. The maximum absolute atomic E-state index is 12.3. The van der Waals surface area contributed by atoms with E-state index in [-0.39, 0.29) is 18.9 Å². The van der Waals surface area contributed by atoms with E-state index in [0.29, 0.717) is 5.56 Å². The second kappa shape index (κ2) is 9.65. The number of carbonyl (C=O) groups excluding carboxylic acids is 3. The molecule has 3 rings (SSSR count). The van der Waals surface area contributed by atoms with Crippen LogP contribution in [0.2, 0.25) is 0 Å². The van der Waals surface area contributed by atoms with Crippen molar-refractivity contribution in [2.75, 3.05) is 13.2 Å². The molecule has 2 aromatic carbocycles. The maximum atomic E-state index is 12.3. The van der Waals surface area contributed by atoms with Gasteiger partial charge in [0.15, 0.2) is 12.4 Å². The van der Waals surface area contributed by atoms with Gasteiger partial charge in [-0.2, -0.15) is 0 Å². The molecule has 0 heterocycles. The Morgan fingerprint density at radius 3 is 2.50 bits per heavy atom. The molecule has 0 atom stereocenters. The van der Waals surface area contributed by atoms with Crippen molar-refractivity contribution < 1.29 is 19.1 Å². The average molecular weight is 377 g/mol. The summed E-state index contributed by atoms with van der Waals surface area (Å²) in [7, 11) is 0. The number of rotatable bonds is 7. The third kappa shape index (κ3) is 5.64. The predicted octanol–water partition coefficient (Wildman–Crippen LogP) is 3.12. The molecule has 2 aromatic rings. The number of Topliss-reactive ketones (excluding diaryl/α,β-unsaturated/α-hetero) is 1. The first kappa shape index (κ1) is 19.5. The highest BCUT2D eigenvalue weighted by Crippen LogP contribution is 2.22. The number of benzene rings is 2. The van der Waals surface area contributed by atoms with E-state index in [2.05, 4.69) is 5.32 Å². The van der Waals surface area contributed by atoms with Gasteiger partial charge in [-0.1, -0.05) is 42.5 Å². The monoisotopic (exact) mass is 377 g/mol.